The van der Waals surface area contributed by atoms with Crippen LogP contribution >= 0.6 is 0 Å². The third-order valence-corrected chi connectivity index (χ3v) is 5.75. The first-order chi connectivity index (χ1) is 7.57. The van der Waals surface area contributed by atoms with E-state index in [0.717, 1.165) is 12.5 Å². The summed E-state index contributed by atoms with van der Waals surface area (Å²) < 4.78 is 16.1. The van der Waals surface area contributed by atoms with Crippen LogP contribution in [0.3, 0.4) is 0 Å². The molecule has 0 saturated carbocycles. The summed E-state index contributed by atoms with van der Waals surface area (Å²) in [5.41, 5.74) is 0. The highest BCUT2D eigenvalue weighted by atomic mass is 28.4. The van der Waals surface area contributed by atoms with E-state index in [4.69, 9.17) is 13.3 Å². The molecule has 0 heterocycles. The lowest BCUT2D eigenvalue weighted by Gasteiger charge is -2.35. The first kappa shape index (κ1) is 16.0. The molecule has 16 heavy (non-hydrogen) atoms. The molecule has 0 aromatic carbocycles. The summed E-state index contributed by atoms with van der Waals surface area (Å²) in [6.45, 7) is 0. The number of nitrogens with one attached hydrogen (secondary N) is 3. The van der Waals surface area contributed by atoms with E-state index >= 15 is 0 Å². The Morgan fingerprint density at radius 2 is 1.25 bits per heavy atom. The lowest BCUT2D eigenvalue weighted by Crippen LogP contribution is -2.64. The number of rotatable bonds is 9. The van der Waals surface area contributed by atoms with Gasteiger partial charge in [-0.3, -0.25) is 16.0 Å². The Bertz CT molecular complexity index is 150. The van der Waals surface area contributed by atoms with Gasteiger partial charge in [-0.25, -0.2) is 0 Å². The van der Waals surface area contributed by atoms with Crippen LogP contribution in [0.1, 0.15) is 6.42 Å². The predicted molar refractivity (Wildman–Crippen MR) is 66.1 cm³/mol. The van der Waals surface area contributed by atoms with Crippen LogP contribution in [0.15, 0.2) is 0 Å². The van der Waals surface area contributed by atoms with Crippen molar-refractivity contribution in [1.82, 2.24) is 16.0 Å². The highest BCUT2D eigenvalue weighted by Crippen LogP contribution is 2.18. The van der Waals surface area contributed by atoms with Crippen molar-refractivity contribution < 1.29 is 13.3 Å². The molecule has 0 unspecified atom stereocenters. The Labute approximate surface area is 99.4 Å². The van der Waals surface area contributed by atoms with Crippen molar-refractivity contribution >= 4 is 8.80 Å². The third kappa shape index (κ3) is 3.77. The van der Waals surface area contributed by atoms with E-state index in [1.807, 2.05) is 21.1 Å². The Kier molecular flexibility index (Phi) is 7.32. The molecule has 0 fully saturated rings. The van der Waals surface area contributed by atoms with Crippen LogP contribution in [-0.2, 0) is 13.3 Å². The molecule has 0 radical (unpaired) electrons. The van der Waals surface area contributed by atoms with Crippen LogP contribution in [0.25, 0.3) is 0 Å². The monoisotopic (exact) mass is 251 g/mol. The second kappa shape index (κ2) is 7.33. The standard InChI is InChI=1S/C9H25N3O3Si/c1-10-9(11-2,12-3)7-8-16(13-4,14-5)15-6/h10-12H,7-8H2,1-6H3. The van der Waals surface area contributed by atoms with Crippen LogP contribution in [0.5, 0.6) is 0 Å². The summed E-state index contributed by atoms with van der Waals surface area (Å²) >= 11 is 0. The smallest absolute Gasteiger partial charge is 0.377 e. The maximum absolute atomic E-state index is 5.38. The van der Waals surface area contributed by atoms with Gasteiger partial charge in [-0.1, -0.05) is 0 Å². The fraction of sp³-hybridized carbons (Fsp3) is 1.00. The van der Waals surface area contributed by atoms with Gasteiger partial charge in [0.2, 0.25) is 0 Å². The van der Waals surface area contributed by atoms with E-state index in [9.17, 15) is 0 Å². The quantitative estimate of drug-likeness (QED) is 0.382. The summed E-state index contributed by atoms with van der Waals surface area (Å²) in [4.78, 5) is 0. The fourth-order valence-electron chi connectivity index (χ4n) is 1.65. The molecule has 0 spiro atoms. The number of hydrogen-bond donors (Lipinski definition) is 3. The topological polar surface area (TPSA) is 63.8 Å². The van der Waals surface area contributed by atoms with Gasteiger partial charge in [-0.15, -0.1) is 0 Å². The summed E-state index contributed by atoms with van der Waals surface area (Å²) in [5, 5.41) is 9.58. The largest absolute Gasteiger partial charge is 0.500 e. The van der Waals surface area contributed by atoms with Crippen molar-refractivity contribution in [2.45, 2.75) is 18.3 Å². The van der Waals surface area contributed by atoms with Crippen molar-refractivity contribution in [1.29, 1.82) is 0 Å². The zero-order chi connectivity index (χ0) is 12.7. The maximum atomic E-state index is 5.38. The first-order valence-electron chi connectivity index (χ1n) is 5.29. The highest BCUT2D eigenvalue weighted by Gasteiger charge is 2.40. The Hall–Kier alpha value is -0.0231. The molecule has 98 valence electrons. The molecule has 6 nitrogen and oxygen atoms in total. The number of hydrogen-bond acceptors (Lipinski definition) is 6. The molecular weight excluding hydrogens is 226 g/mol. The van der Waals surface area contributed by atoms with E-state index in [2.05, 4.69) is 16.0 Å². The highest BCUT2D eigenvalue weighted by molar-refractivity contribution is 6.60. The summed E-state index contributed by atoms with van der Waals surface area (Å²) in [7, 11) is 8.05. The van der Waals surface area contributed by atoms with Crippen LogP contribution in [0.4, 0.5) is 0 Å². The molecule has 0 aliphatic rings. The van der Waals surface area contributed by atoms with Gasteiger partial charge in [0.25, 0.3) is 0 Å². The lowest BCUT2D eigenvalue weighted by atomic mass is 10.2. The van der Waals surface area contributed by atoms with E-state index < -0.39 is 8.80 Å². The molecule has 0 saturated heterocycles. The van der Waals surface area contributed by atoms with Crippen LogP contribution < -0.4 is 16.0 Å². The van der Waals surface area contributed by atoms with Gasteiger partial charge in [-0.2, -0.15) is 0 Å². The molecule has 0 aromatic heterocycles. The molecule has 0 aliphatic carbocycles. The Balaban J connectivity index is 4.48. The molecule has 0 bridgehead atoms. The molecule has 0 aliphatic heterocycles. The van der Waals surface area contributed by atoms with Gasteiger partial charge < -0.3 is 13.3 Å². The van der Waals surface area contributed by atoms with E-state index in [1.165, 1.54) is 0 Å². The van der Waals surface area contributed by atoms with Gasteiger partial charge >= 0.3 is 8.80 Å². The molecule has 0 rings (SSSR count). The molecule has 0 atom stereocenters. The molecule has 0 amide bonds. The average molecular weight is 251 g/mol. The van der Waals surface area contributed by atoms with E-state index in [0.29, 0.717) is 0 Å². The van der Waals surface area contributed by atoms with Gasteiger partial charge in [0.05, 0.1) is 0 Å². The SMILES string of the molecule is CNC(CC[Si](OC)(OC)OC)(NC)NC. The van der Waals surface area contributed by atoms with Gasteiger partial charge in [-0.05, 0) is 27.6 Å². The predicted octanol–water partition coefficient (Wildman–Crippen LogP) is -0.433. The minimum atomic E-state index is -2.50. The molecular formula is C9H25N3O3Si. The van der Waals surface area contributed by atoms with E-state index in [-0.39, 0.29) is 5.79 Å². The normalized spacial score (nSPS) is 13.1. The van der Waals surface area contributed by atoms with Crippen molar-refractivity contribution in [3.63, 3.8) is 0 Å². The molecule has 3 N–H and O–H groups in total. The van der Waals surface area contributed by atoms with Crippen molar-refractivity contribution in [3.05, 3.63) is 0 Å². The second-order valence-corrected chi connectivity index (χ2v) is 6.54. The lowest BCUT2D eigenvalue weighted by molar-refractivity contribution is 0.115. The van der Waals surface area contributed by atoms with Crippen molar-refractivity contribution in [3.8, 4) is 0 Å². The molecule has 0 aromatic rings. The van der Waals surface area contributed by atoms with Crippen molar-refractivity contribution in [2.75, 3.05) is 42.5 Å². The minimum absolute atomic E-state index is 0.326. The van der Waals surface area contributed by atoms with E-state index in [1.54, 1.807) is 21.3 Å². The third-order valence-electron chi connectivity index (χ3n) is 3.02. The zero-order valence-electron chi connectivity index (χ0n) is 11.1. The summed E-state index contributed by atoms with van der Waals surface area (Å²) in [6.07, 6.45) is 0.790. The first-order valence-corrected chi connectivity index (χ1v) is 7.23. The average Bonchev–Trinajstić information content (AvgIpc) is 2.37. The van der Waals surface area contributed by atoms with Crippen LogP contribution in [0.2, 0.25) is 6.04 Å². The Morgan fingerprint density at radius 3 is 1.50 bits per heavy atom. The van der Waals surface area contributed by atoms with Gasteiger partial charge in [0, 0.05) is 27.4 Å². The van der Waals surface area contributed by atoms with Crippen LogP contribution in [-0.4, -0.2) is 57.1 Å². The van der Waals surface area contributed by atoms with Crippen molar-refractivity contribution in [2.24, 2.45) is 0 Å². The fourth-order valence-corrected chi connectivity index (χ4v) is 3.44. The summed E-state index contributed by atoms with van der Waals surface area (Å²) in [5.74, 6) is -0.326. The maximum Gasteiger partial charge on any atom is 0.500 e. The molecule has 7 heteroatoms. The van der Waals surface area contributed by atoms with Crippen LogP contribution in [0, 0.1) is 0 Å². The summed E-state index contributed by atoms with van der Waals surface area (Å²) in [6, 6.07) is 0.721. The second-order valence-electron chi connectivity index (χ2n) is 3.45. The van der Waals surface area contributed by atoms with Gasteiger partial charge in [0.15, 0.2) is 0 Å². The van der Waals surface area contributed by atoms with Gasteiger partial charge in [0.1, 0.15) is 5.79 Å². The zero-order valence-corrected chi connectivity index (χ0v) is 12.1. The Morgan fingerprint density at radius 1 is 0.875 bits per heavy atom. The minimum Gasteiger partial charge on any atom is -0.377 e.